The predicted molar refractivity (Wildman–Crippen MR) is 76.3 cm³/mol. The number of hydrogen-bond acceptors (Lipinski definition) is 2. The van der Waals surface area contributed by atoms with Crippen LogP contribution in [-0.4, -0.2) is 18.9 Å². The molecule has 0 unspecified atom stereocenters. The second kappa shape index (κ2) is 6.18. The van der Waals surface area contributed by atoms with Gasteiger partial charge in [-0.25, -0.2) is 4.39 Å². The topological polar surface area (TPSA) is 20.3 Å². The number of rotatable bonds is 3. The third-order valence-electron chi connectivity index (χ3n) is 4.09. The number of hydrogen-bond donors (Lipinski definition) is 0. The van der Waals surface area contributed by atoms with E-state index in [2.05, 4.69) is 4.90 Å². The van der Waals surface area contributed by atoms with Crippen LogP contribution in [0.15, 0.2) is 18.2 Å². The Bertz CT molecular complexity index is 450. The second-order valence-electron chi connectivity index (χ2n) is 5.47. The van der Waals surface area contributed by atoms with Gasteiger partial charge in [0, 0.05) is 24.3 Å². The van der Waals surface area contributed by atoms with E-state index in [0.29, 0.717) is 11.6 Å². The van der Waals surface area contributed by atoms with Gasteiger partial charge in [-0.05, 0) is 38.0 Å². The van der Waals surface area contributed by atoms with Crippen LogP contribution >= 0.6 is 0 Å². The van der Waals surface area contributed by atoms with Crippen LogP contribution in [0.5, 0.6) is 0 Å². The normalized spacial score (nSPS) is 17.0. The molecule has 1 aliphatic carbocycles. The third kappa shape index (κ3) is 3.34. The SMILES string of the molecule is CC(=O)c1cc(F)ccc1N(C)C1CCCCCC1. The second-order valence-corrected chi connectivity index (χ2v) is 5.47. The van der Waals surface area contributed by atoms with Crippen LogP contribution in [-0.2, 0) is 0 Å². The molecule has 0 aromatic heterocycles. The Kier molecular flexibility index (Phi) is 4.56. The molecule has 2 nitrogen and oxygen atoms in total. The van der Waals surface area contributed by atoms with Gasteiger partial charge in [-0.2, -0.15) is 0 Å². The molecule has 19 heavy (non-hydrogen) atoms. The molecule has 1 aromatic rings. The van der Waals surface area contributed by atoms with Crippen LogP contribution in [0, 0.1) is 5.82 Å². The van der Waals surface area contributed by atoms with Gasteiger partial charge >= 0.3 is 0 Å². The molecule has 0 atom stereocenters. The zero-order valence-corrected chi connectivity index (χ0v) is 11.8. The van der Waals surface area contributed by atoms with Crippen molar-refractivity contribution < 1.29 is 9.18 Å². The maximum Gasteiger partial charge on any atom is 0.161 e. The molecule has 2 rings (SSSR count). The quantitative estimate of drug-likeness (QED) is 0.602. The van der Waals surface area contributed by atoms with Crippen molar-refractivity contribution in [2.45, 2.75) is 51.5 Å². The first kappa shape index (κ1) is 14.0. The van der Waals surface area contributed by atoms with Gasteiger partial charge in [0.25, 0.3) is 0 Å². The van der Waals surface area contributed by atoms with E-state index in [0.717, 1.165) is 18.5 Å². The van der Waals surface area contributed by atoms with Crippen LogP contribution in [0.1, 0.15) is 55.8 Å². The molecular formula is C16H22FNO. The van der Waals surface area contributed by atoms with Gasteiger partial charge in [-0.3, -0.25) is 4.79 Å². The summed E-state index contributed by atoms with van der Waals surface area (Å²) in [6.45, 7) is 1.50. The predicted octanol–water partition coefficient (Wildman–Crippen LogP) is 4.19. The van der Waals surface area contributed by atoms with Crippen molar-refractivity contribution in [2.24, 2.45) is 0 Å². The lowest BCUT2D eigenvalue weighted by atomic mass is 10.0. The highest BCUT2D eigenvalue weighted by molar-refractivity contribution is 5.99. The number of anilines is 1. The number of halogens is 1. The summed E-state index contributed by atoms with van der Waals surface area (Å²) in [4.78, 5) is 13.8. The maximum absolute atomic E-state index is 13.3. The van der Waals surface area contributed by atoms with E-state index in [9.17, 15) is 9.18 Å². The minimum atomic E-state index is -0.344. The largest absolute Gasteiger partial charge is 0.371 e. The van der Waals surface area contributed by atoms with Crippen molar-refractivity contribution >= 4 is 11.5 Å². The van der Waals surface area contributed by atoms with Crippen molar-refractivity contribution in [1.82, 2.24) is 0 Å². The highest BCUT2D eigenvalue weighted by atomic mass is 19.1. The zero-order valence-electron chi connectivity index (χ0n) is 11.8. The van der Waals surface area contributed by atoms with Crippen LogP contribution in [0.2, 0.25) is 0 Å². The highest BCUT2D eigenvalue weighted by Gasteiger charge is 2.20. The van der Waals surface area contributed by atoms with Crippen molar-refractivity contribution in [3.05, 3.63) is 29.6 Å². The molecule has 0 radical (unpaired) electrons. The van der Waals surface area contributed by atoms with Gasteiger partial charge in [0.15, 0.2) is 5.78 Å². The number of Topliss-reactive ketones (excluding diaryl/α,β-unsaturated/α-hetero) is 1. The van der Waals surface area contributed by atoms with Gasteiger partial charge < -0.3 is 4.90 Å². The summed E-state index contributed by atoms with van der Waals surface area (Å²) in [6, 6.07) is 4.99. The highest BCUT2D eigenvalue weighted by Crippen LogP contribution is 2.28. The lowest BCUT2D eigenvalue weighted by Gasteiger charge is -2.30. The number of carbonyl (C=O) groups excluding carboxylic acids is 1. The molecule has 1 aliphatic rings. The van der Waals surface area contributed by atoms with Crippen molar-refractivity contribution in [3.8, 4) is 0 Å². The summed E-state index contributed by atoms with van der Waals surface area (Å²) in [6.07, 6.45) is 7.40. The van der Waals surface area contributed by atoms with E-state index < -0.39 is 0 Å². The van der Waals surface area contributed by atoms with Gasteiger partial charge in [0.1, 0.15) is 5.82 Å². The Balaban J connectivity index is 2.26. The molecule has 0 spiro atoms. The standard InChI is InChI=1S/C16H22FNO/c1-12(19)15-11-13(17)9-10-16(15)18(2)14-7-5-3-4-6-8-14/h9-11,14H,3-8H2,1-2H3. The van der Waals surface area contributed by atoms with Gasteiger partial charge in [-0.1, -0.05) is 25.7 Å². The van der Waals surface area contributed by atoms with Crippen molar-refractivity contribution in [1.29, 1.82) is 0 Å². The Morgan fingerprint density at radius 3 is 2.42 bits per heavy atom. The molecule has 0 bridgehead atoms. The molecule has 0 amide bonds. The Labute approximate surface area is 114 Å². The Hall–Kier alpha value is -1.38. The van der Waals surface area contributed by atoms with Gasteiger partial charge in [-0.15, -0.1) is 0 Å². The summed E-state index contributed by atoms with van der Waals surface area (Å²) in [5, 5.41) is 0. The van der Waals surface area contributed by atoms with E-state index in [-0.39, 0.29) is 11.6 Å². The van der Waals surface area contributed by atoms with Crippen molar-refractivity contribution in [3.63, 3.8) is 0 Å². The maximum atomic E-state index is 13.3. The number of carbonyl (C=O) groups is 1. The van der Waals surface area contributed by atoms with Crippen molar-refractivity contribution in [2.75, 3.05) is 11.9 Å². The first-order chi connectivity index (χ1) is 9.09. The van der Waals surface area contributed by atoms with Gasteiger partial charge in [0.05, 0.1) is 0 Å². The lowest BCUT2D eigenvalue weighted by molar-refractivity contribution is 0.101. The number of ketones is 1. The molecule has 1 fully saturated rings. The smallest absolute Gasteiger partial charge is 0.161 e. The van der Waals surface area contributed by atoms with E-state index in [4.69, 9.17) is 0 Å². The van der Waals surface area contributed by atoms with E-state index in [1.165, 1.54) is 44.7 Å². The molecule has 104 valence electrons. The molecule has 3 heteroatoms. The third-order valence-corrected chi connectivity index (χ3v) is 4.09. The first-order valence-electron chi connectivity index (χ1n) is 7.13. The minimum absolute atomic E-state index is 0.0741. The zero-order chi connectivity index (χ0) is 13.8. The number of nitrogens with zero attached hydrogens (tertiary/aromatic N) is 1. The Morgan fingerprint density at radius 2 is 1.84 bits per heavy atom. The van der Waals surface area contributed by atoms with Crippen LogP contribution < -0.4 is 4.90 Å². The molecule has 0 heterocycles. The lowest BCUT2D eigenvalue weighted by Crippen LogP contribution is -2.32. The van der Waals surface area contributed by atoms with Crippen LogP contribution in [0.25, 0.3) is 0 Å². The summed E-state index contributed by atoms with van der Waals surface area (Å²) < 4.78 is 13.3. The minimum Gasteiger partial charge on any atom is -0.371 e. The fourth-order valence-corrected chi connectivity index (χ4v) is 2.94. The molecule has 1 aromatic carbocycles. The molecule has 1 saturated carbocycles. The van der Waals surface area contributed by atoms with Crippen LogP contribution in [0.3, 0.4) is 0 Å². The van der Waals surface area contributed by atoms with Crippen LogP contribution in [0.4, 0.5) is 10.1 Å². The fraction of sp³-hybridized carbons (Fsp3) is 0.562. The average molecular weight is 263 g/mol. The summed E-state index contributed by atoms with van der Waals surface area (Å²) >= 11 is 0. The molecule has 0 N–H and O–H groups in total. The number of benzene rings is 1. The monoisotopic (exact) mass is 263 g/mol. The average Bonchev–Trinajstić information content (AvgIpc) is 2.66. The van der Waals surface area contributed by atoms with Gasteiger partial charge in [0.2, 0.25) is 0 Å². The van der Waals surface area contributed by atoms with E-state index >= 15 is 0 Å². The Morgan fingerprint density at radius 1 is 1.21 bits per heavy atom. The first-order valence-corrected chi connectivity index (χ1v) is 7.13. The fourth-order valence-electron chi connectivity index (χ4n) is 2.94. The summed E-state index contributed by atoms with van der Waals surface area (Å²) in [5.41, 5.74) is 1.35. The van der Waals surface area contributed by atoms with E-state index in [1.54, 1.807) is 6.07 Å². The molecule has 0 saturated heterocycles. The summed E-state index contributed by atoms with van der Waals surface area (Å²) in [7, 11) is 2.02. The summed E-state index contributed by atoms with van der Waals surface area (Å²) in [5.74, 6) is -0.418. The molecular weight excluding hydrogens is 241 g/mol. The molecule has 0 aliphatic heterocycles. The van der Waals surface area contributed by atoms with E-state index in [1.807, 2.05) is 7.05 Å².